The average Bonchev–Trinajstić information content (AvgIpc) is 2.41. The highest BCUT2D eigenvalue weighted by Crippen LogP contribution is 2.21. The van der Waals surface area contributed by atoms with E-state index < -0.39 is 0 Å². The monoisotopic (exact) mass is 274 g/mol. The number of amidine groups is 1. The van der Waals surface area contributed by atoms with E-state index in [0.717, 1.165) is 10.6 Å². The van der Waals surface area contributed by atoms with Gasteiger partial charge in [0.2, 0.25) is 0 Å². The first-order valence-corrected chi connectivity index (χ1v) is 6.21. The van der Waals surface area contributed by atoms with Crippen LogP contribution < -0.4 is 10.6 Å². The van der Waals surface area contributed by atoms with E-state index in [2.05, 4.69) is 4.98 Å². The van der Waals surface area contributed by atoms with Crippen molar-refractivity contribution in [3.8, 4) is 0 Å². The van der Waals surface area contributed by atoms with Crippen LogP contribution >= 0.6 is 11.6 Å². The summed E-state index contributed by atoms with van der Waals surface area (Å²) in [4.78, 5) is 6.22. The standard InChI is InChI=1S/C14H15ClN4/c1-19(9-10-5-2-3-7-12(10)15)14-11(13(16)17)6-4-8-18-14/h2-8H,9H2,1H3,(H3,16,17). The molecule has 0 saturated heterocycles. The van der Waals surface area contributed by atoms with Crippen LogP contribution in [0.15, 0.2) is 42.6 Å². The first-order chi connectivity index (χ1) is 9.09. The van der Waals surface area contributed by atoms with Gasteiger partial charge in [0.1, 0.15) is 11.7 Å². The van der Waals surface area contributed by atoms with Gasteiger partial charge in [0.15, 0.2) is 0 Å². The van der Waals surface area contributed by atoms with Crippen LogP contribution in [0.2, 0.25) is 5.02 Å². The molecule has 0 unspecified atom stereocenters. The van der Waals surface area contributed by atoms with Crippen molar-refractivity contribution in [2.45, 2.75) is 6.54 Å². The van der Waals surface area contributed by atoms with Gasteiger partial charge in [0, 0.05) is 24.8 Å². The summed E-state index contributed by atoms with van der Waals surface area (Å²) in [5.74, 6) is 0.684. The second kappa shape index (κ2) is 5.71. The Balaban J connectivity index is 2.28. The largest absolute Gasteiger partial charge is 0.384 e. The third-order valence-electron chi connectivity index (χ3n) is 2.80. The van der Waals surface area contributed by atoms with Crippen molar-refractivity contribution < 1.29 is 0 Å². The summed E-state index contributed by atoms with van der Waals surface area (Å²) in [6, 6.07) is 11.2. The Kier molecular flexibility index (Phi) is 4.02. The number of hydrogen-bond donors (Lipinski definition) is 2. The fourth-order valence-corrected chi connectivity index (χ4v) is 2.06. The number of anilines is 1. The average molecular weight is 275 g/mol. The Morgan fingerprint density at radius 2 is 2.05 bits per heavy atom. The fourth-order valence-electron chi connectivity index (χ4n) is 1.87. The van der Waals surface area contributed by atoms with Crippen LogP contribution in [0.3, 0.4) is 0 Å². The van der Waals surface area contributed by atoms with E-state index in [1.807, 2.05) is 36.2 Å². The normalized spacial score (nSPS) is 10.2. The SMILES string of the molecule is CN(Cc1ccccc1Cl)c1ncccc1C(=N)N. The zero-order valence-corrected chi connectivity index (χ0v) is 11.4. The van der Waals surface area contributed by atoms with Gasteiger partial charge >= 0.3 is 0 Å². The van der Waals surface area contributed by atoms with Gasteiger partial charge in [-0.3, -0.25) is 5.41 Å². The van der Waals surface area contributed by atoms with E-state index in [9.17, 15) is 0 Å². The lowest BCUT2D eigenvalue weighted by molar-refractivity contribution is 0.896. The Morgan fingerprint density at radius 1 is 1.32 bits per heavy atom. The van der Waals surface area contributed by atoms with Crippen molar-refractivity contribution in [1.29, 1.82) is 5.41 Å². The Bertz CT molecular complexity index is 598. The third kappa shape index (κ3) is 3.03. The summed E-state index contributed by atoms with van der Waals surface area (Å²) in [5, 5.41) is 8.29. The van der Waals surface area contributed by atoms with E-state index in [-0.39, 0.29) is 5.84 Å². The lowest BCUT2D eigenvalue weighted by Gasteiger charge is -2.21. The topological polar surface area (TPSA) is 66.0 Å². The molecule has 5 heteroatoms. The molecular weight excluding hydrogens is 260 g/mol. The summed E-state index contributed by atoms with van der Waals surface area (Å²) >= 11 is 6.14. The highest BCUT2D eigenvalue weighted by Gasteiger charge is 2.12. The van der Waals surface area contributed by atoms with E-state index in [1.54, 1.807) is 18.3 Å². The van der Waals surface area contributed by atoms with E-state index in [1.165, 1.54) is 0 Å². The van der Waals surface area contributed by atoms with Crippen molar-refractivity contribution in [3.63, 3.8) is 0 Å². The van der Waals surface area contributed by atoms with Crippen LogP contribution in [-0.4, -0.2) is 17.9 Å². The molecule has 98 valence electrons. The van der Waals surface area contributed by atoms with Crippen molar-refractivity contribution in [1.82, 2.24) is 4.98 Å². The molecule has 0 atom stereocenters. The fraction of sp³-hybridized carbons (Fsp3) is 0.143. The van der Waals surface area contributed by atoms with Crippen LogP contribution in [-0.2, 0) is 6.54 Å². The molecule has 0 bridgehead atoms. The quantitative estimate of drug-likeness (QED) is 0.665. The number of halogens is 1. The van der Waals surface area contributed by atoms with Crippen molar-refractivity contribution in [2.24, 2.45) is 5.73 Å². The van der Waals surface area contributed by atoms with Crippen LogP contribution in [0.1, 0.15) is 11.1 Å². The molecule has 3 N–H and O–H groups in total. The van der Waals surface area contributed by atoms with E-state index in [4.69, 9.17) is 22.7 Å². The number of benzene rings is 1. The number of nitrogens with one attached hydrogen (secondary N) is 1. The number of nitrogens with zero attached hydrogens (tertiary/aromatic N) is 2. The zero-order valence-electron chi connectivity index (χ0n) is 10.6. The lowest BCUT2D eigenvalue weighted by atomic mass is 10.2. The number of aromatic nitrogens is 1. The van der Waals surface area contributed by atoms with Crippen molar-refractivity contribution in [3.05, 3.63) is 58.7 Å². The molecule has 0 radical (unpaired) electrons. The molecule has 0 aliphatic carbocycles. The summed E-state index contributed by atoms with van der Waals surface area (Å²) < 4.78 is 0. The second-order valence-corrected chi connectivity index (χ2v) is 4.64. The predicted octanol–water partition coefficient (Wildman–Crippen LogP) is 2.66. The van der Waals surface area contributed by atoms with Gasteiger partial charge in [-0.15, -0.1) is 0 Å². The molecule has 0 aliphatic heterocycles. The molecule has 1 aromatic carbocycles. The van der Waals surface area contributed by atoms with Crippen LogP contribution in [0.25, 0.3) is 0 Å². The molecule has 2 aromatic rings. The Morgan fingerprint density at radius 3 is 2.74 bits per heavy atom. The number of pyridine rings is 1. The molecule has 0 spiro atoms. The summed E-state index contributed by atoms with van der Waals surface area (Å²) in [6.07, 6.45) is 1.69. The number of nitrogen functional groups attached to an aromatic ring is 1. The molecule has 0 saturated carbocycles. The molecule has 0 amide bonds. The molecule has 1 heterocycles. The number of rotatable bonds is 4. The summed E-state index contributed by atoms with van der Waals surface area (Å²) in [6.45, 7) is 0.608. The van der Waals surface area contributed by atoms with Gasteiger partial charge in [-0.1, -0.05) is 29.8 Å². The smallest absolute Gasteiger partial charge is 0.139 e. The van der Waals surface area contributed by atoms with Gasteiger partial charge in [-0.2, -0.15) is 0 Å². The van der Waals surface area contributed by atoms with Crippen LogP contribution in [0, 0.1) is 5.41 Å². The molecule has 0 fully saturated rings. The van der Waals surface area contributed by atoms with Gasteiger partial charge in [-0.05, 0) is 23.8 Å². The molecule has 4 nitrogen and oxygen atoms in total. The van der Waals surface area contributed by atoms with Gasteiger partial charge in [0.25, 0.3) is 0 Å². The molecular formula is C14H15ClN4. The van der Waals surface area contributed by atoms with E-state index in [0.29, 0.717) is 17.9 Å². The minimum Gasteiger partial charge on any atom is -0.384 e. The highest BCUT2D eigenvalue weighted by molar-refractivity contribution is 6.31. The predicted molar refractivity (Wildman–Crippen MR) is 78.8 cm³/mol. The van der Waals surface area contributed by atoms with E-state index >= 15 is 0 Å². The minimum absolute atomic E-state index is 0.00843. The first kappa shape index (κ1) is 13.4. The second-order valence-electron chi connectivity index (χ2n) is 4.24. The zero-order chi connectivity index (χ0) is 13.8. The van der Waals surface area contributed by atoms with Gasteiger partial charge in [0.05, 0.1) is 5.56 Å². The first-order valence-electron chi connectivity index (χ1n) is 5.83. The Labute approximate surface area is 117 Å². The molecule has 0 aliphatic rings. The Hall–Kier alpha value is -2.07. The lowest BCUT2D eigenvalue weighted by Crippen LogP contribution is -2.23. The van der Waals surface area contributed by atoms with Crippen molar-refractivity contribution >= 4 is 23.3 Å². The highest BCUT2D eigenvalue weighted by atomic mass is 35.5. The van der Waals surface area contributed by atoms with Crippen LogP contribution in [0.4, 0.5) is 5.82 Å². The number of nitrogens with two attached hydrogens (primary N) is 1. The maximum atomic E-state index is 7.58. The summed E-state index contributed by atoms with van der Waals surface area (Å²) in [5.41, 5.74) is 7.19. The number of hydrogen-bond acceptors (Lipinski definition) is 3. The maximum Gasteiger partial charge on any atom is 0.139 e. The maximum absolute atomic E-state index is 7.58. The van der Waals surface area contributed by atoms with Crippen molar-refractivity contribution in [2.75, 3.05) is 11.9 Å². The van der Waals surface area contributed by atoms with Gasteiger partial charge < -0.3 is 10.6 Å². The molecule has 1 aromatic heterocycles. The van der Waals surface area contributed by atoms with Crippen LogP contribution in [0.5, 0.6) is 0 Å². The van der Waals surface area contributed by atoms with Gasteiger partial charge in [-0.25, -0.2) is 4.98 Å². The summed E-state index contributed by atoms with van der Waals surface area (Å²) in [7, 11) is 1.90. The molecule has 2 rings (SSSR count). The molecule has 19 heavy (non-hydrogen) atoms. The minimum atomic E-state index is 0.00843. The third-order valence-corrected chi connectivity index (χ3v) is 3.17.